The average molecular weight is 534 g/mol. The van der Waals surface area contributed by atoms with E-state index in [0.29, 0.717) is 11.3 Å². The molecule has 2 aromatic heterocycles. The van der Waals surface area contributed by atoms with Crippen LogP contribution in [0.4, 0.5) is 0 Å². The summed E-state index contributed by atoms with van der Waals surface area (Å²) in [5.74, 6) is -1.18. The number of aromatic carboxylic acids is 1. The molecule has 2 heterocycles. The van der Waals surface area contributed by atoms with E-state index in [-0.39, 0.29) is 27.7 Å². The molecule has 0 aliphatic heterocycles. The lowest BCUT2D eigenvalue weighted by Gasteiger charge is -2.05. The quantitative estimate of drug-likeness (QED) is 0.389. The first kappa shape index (κ1) is 22.2. The van der Waals surface area contributed by atoms with Gasteiger partial charge in [0.25, 0.3) is 5.56 Å². The molecule has 11 heteroatoms. The number of nitrogens with one attached hydrogen (secondary N) is 1. The van der Waals surface area contributed by atoms with Crippen molar-refractivity contribution in [2.75, 3.05) is 6.26 Å². The van der Waals surface area contributed by atoms with Gasteiger partial charge in [0, 0.05) is 33.7 Å². The Bertz CT molecular complexity index is 1480. The van der Waals surface area contributed by atoms with Crippen LogP contribution in [-0.4, -0.2) is 40.5 Å². The highest BCUT2D eigenvalue weighted by atomic mass is 79.9. The van der Waals surface area contributed by atoms with Crippen molar-refractivity contribution in [2.45, 2.75) is 11.3 Å². The third-order valence-corrected chi connectivity index (χ3v) is 7.18. The Morgan fingerprint density at radius 3 is 2.53 bits per heavy atom. The molecular weight excluding hydrogens is 518 g/mol. The second kappa shape index (κ2) is 8.49. The number of aromatic nitrogens is 3. The lowest BCUT2D eigenvalue weighted by Crippen LogP contribution is -2.17. The summed E-state index contributed by atoms with van der Waals surface area (Å²) in [6.07, 6.45) is 1.38. The zero-order valence-corrected chi connectivity index (χ0v) is 19.8. The molecule has 4 rings (SSSR count). The molecule has 32 heavy (non-hydrogen) atoms. The van der Waals surface area contributed by atoms with Crippen molar-refractivity contribution in [1.29, 1.82) is 0 Å². The fourth-order valence-electron chi connectivity index (χ4n) is 3.18. The van der Waals surface area contributed by atoms with Crippen molar-refractivity contribution in [2.24, 2.45) is 0 Å². The van der Waals surface area contributed by atoms with E-state index in [1.165, 1.54) is 22.2 Å². The van der Waals surface area contributed by atoms with E-state index in [1.807, 2.05) is 24.3 Å². The fourth-order valence-corrected chi connectivity index (χ4v) is 4.96. The summed E-state index contributed by atoms with van der Waals surface area (Å²) >= 11 is 4.48. The smallest absolute Gasteiger partial charge is 0.355 e. The van der Waals surface area contributed by atoms with Gasteiger partial charge in [-0.25, -0.2) is 18.2 Å². The lowest BCUT2D eigenvalue weighted by molar-refractivity contribution is 0.0691. The molecular formula is C21H16BrN3O5S2. The Morgan fingerprint density at radius 1 is 1.22 bits per heavy atom. The number of H-pyrrole nitrogens is 1. The minimum atomic E-state index is -3.33. The van der Waals surface area contributed by atoms with Gasteiger partial charge in [0.15, 0.2) is 15.5 Å². The molecule has 0 unspecified atom stereocenters. The molecule has 0 saturated heterocycles. The molecule has 0 aliphatic carbocycles. The van der Waals surface area contributed by atoms with Crippen LogP contribution in [0.5, 0.6) is 0 Å². The predicted octanol–water partition coefficient (Wildman–Crippen LogP) is 3.74. The summed E-state index contributed by atoms with van der Waals surface area (Å²) in [5, 5.41) is 13.8. The van der Waals surface area contributed by atoms with Crippen molar-refractivity contribution >= 4 is 43.1 Å². The van der Waals surface area contributed by atoms with Crippen LogP contribution in [0.1, 0.15) is 21.6 Å². The number of rotatable bonds is 6. The van der Waals surface area contributed by atoms with Gasteiger partial charge in [-0.05, 0) is 29.8 Å². The standard InChI is InChI=1S/C21H16BrN3O5S2/c1-32(29,30)15-7-5-12(6-8-15)9-16-18(13-3-2-4-14(22)10-13)24-25(19(16)26)21-23-17(11-31-21)20(27)28/h2-8,10-11,24H,9H2,1H3,(H,27,28). The lowest BCUT2D eigenvalue weighted by atomic mass is 10.0. The SMILES string of the molecule is CS(=O)(=O)c1ccc(Cc2c(-c3cccc(Br)c3)[nH]n(-c3nc(C(=O)O)cs3)c2=O)cc1. The highest BCUT2D eigenvalue weighted by molar-refractivity contribution is 9.10. The van der Waals surface area contributed by atoms with Gasteiger partial charge >= 0.3 is 5.97 Å². The number of carbonyl (C=O) groups is 1. The van der Waals surface area contributed by atoms with Crippen molar-refractivity contribution < 1.29 is 18.3 Å². The summed E-state index contributed by atoms with van der Waals surface area (Å²) in [6, 6.07) is 13.8. The summed E-state index contributed by atoms with van der Waals surface area (Å²) in [4.78, 5) is 28.7. The zero-order chi connectivity index (χ0) is 23.0. The molecule has 0 radical (unpaired) electrons. The summed E-state index contributed by atoms with van der Waals surface area (Å²) in [5.41, 5.74) is 2.01. The number of benzene rings is 2. The average Bonchev–Trinajstić information content (AvgIpc) is 3.34. The molecule has 0 atom stereocenters. The van der Waals surface area contributed by atoms with Gasteiger partial charge in [0.2, 0.25) is 5.13 Å². The molecule has 2 aromatic carbocycles. The van der Waals surface area contributed by atoms with Gasteiger partial charge in [0.05, 0.1) is 10.6 Å². The Kier molecular flexibility index (Phi) is 5.89. The summed E-state index contributed by atoms with van der Waals surface area (Å²) in [6.45, 7) is 0. The van der Waals surface area contributed by atoms with E-state index in [1.54, 1.807) is 12.1 Å². The molecule has 0 fully saturated rings. The number of aromatic amines is 1. The molecule has 8 nitrogen and oxygen atoms in total. The number of halogens is 1. The molecule has 0 aliphatic rings. The Balaban J connectivity index is 1.83. The maximum Gasteiger partial charge on any atom is 0.355 e. The number of carboxylic acid groups (broad SMARTS) is 1. The predicted molar refractivity (Wildman–Crippen MR) is 125 cm³/mol. The normalized spacial score (nSPS) is 11.6. The van der Waals surface area contributed by atoms with E-state index < -0.39 is 15.8 Å². The third-order valence-electron chi connectivity index (χ3n) is 4.73. The second-order valence-electron chi connectivity index (χ2n) is 7.03. The molecule has 164 valence electrons. The van der Waals surface area contributed by atoms with E-state index in [9.17, 15) is 18.0 Å². The molecule has 0 bridgehead atoms. The monoisotopic (exact) mass is 533 g/mol. The molecule has 0 saturated carbocycles. The van der Waals surface area contributed by atoms with Crippen LogP contribution in [0, 0.1) is 0 Å². The van der Waals surface area contributed by atoms with E-state index in [2.05, 4.69) is 26.0 Å². The molecule has 0 amide bonds. The number of carboxylic acids is 1. The van der Waals surface area contributed by atoms with E-state index in [4.69, 9.17) is 5.11 Å². The third kappa shape index (κ3) is 4.45. The Labute approximate surface area is 195 Å². The number of thiazole rings is 1. The maximum atomic E-state index is 13.3. The topological polar surface area (TPSA) is 122 Å². The first-order valence-electron chi connectivity index (χ1n) is 9.21. The van der Waals surface area contributed by atoms with Gasteiger partial charge < -0.3 is 5.11 Å². The largest absolute Gasteiger partial charge is 0.476 e. The van der Waals surface area contributed by atoms with Crippen LogP contribution in [0.3, 0.4) is 0 Å². The number of hydrogen-bond acceptors (Lipinski definition) is 6. The van der Waals surface area contributed by atoms with Gasteiger partial charge in [0.1, 0.15) is 0 Å². The van der Waals surface area contributed by atoms with Crippen LogP contribution in [0.2, 0.25) is 0 Å². The van der Waals surface area contributed by atoms with Gasteiger partial charge in [-0.3, -0.25) is 9.89 Å². The van der Waals surface area contributed by atoms with E-state index in [0.717, 1.165) is 33.2 Å². The summed E-state index contributed by atoms with van der Waals surface area (Å²) in [7, 11) is -3.33. The number of nitrogens with zero attached hydrogens (tertiary/aromatic N) is 2. The summed E-state index contributed by atoms with van der Waals surface area (Å²) < 4.78 is 25.5. The first-order valence-corrected chi connectivity index (χ1v) is 12.8. The highest BCUT2D eigenvalue weighted by Crippen LogP contribution is 2.26. The van der Waals surface area contributed by atoms with Gasteiger partial charge in [-0.2, -0.15) is 4.68 Å². The second-order valence-corrected chi connectivity index (χ2v) is 10.8. The minimum Gasteiger partial charge on any atom is -0.476 e. The van der Waals surface area contributed by atoms with Crippen LogP contribution < -0.4 is 5.56 Å². The van der Waals surface area contributed by atoms with Gasteiger partial charge in [-0.1, -0.05) is 40.2 Å². The zero-order valence-electron chi connectivity index (χ0n) is 16.6. The maximum absolute atomic E-state index is 13.3. The highest BCUT2D eigenvalue weighted by Gasteiger charge is 2.20. The minimum absolute atomic E-state index is 0.145. The van der Waals surface area contributed by atoms with Crippen LogP contribution in [-0.2, 0) is 16.3 Å². The van der Waals surface area contributed by atoms with Crippen LogP contribution >= 0.6 is 27.3 Å². The van der Waals surface area contributed by atoms with Crippen LogP contribution in [0.15, 0.2) is 68.1 Å². The van der Waals surface area contributed by atoms with Crippen molar-refractivity contribution in [3.8, 4) is 16.4 Å². The first-order chi connectivity index (χ1) is 15.1. The van der Waals surface area contributed by atoms with E-state index >= 15 is 0 Å². The van der Waals surface area contributed by atoms with Crippen molar-refractivity contribution in [3.05, 3.63) is 85.6 Å². The van der Waals surface area contributed by atoms with Gasteiger partial charge in [-0.15, -0.1) is 11.3 Å². The van der Waals surface area contributed by atoms with Crippen molar-refractivity contribution in [1.82, 2.24) is 14.8 Å². The Hall–Kier alpha value is -3.02. The number of hydrogen-bond donors (Lipinski definition) is 2. The molecule has 0 spiro atoms. The number of sulfone groups is 1. The molecule has 2 N–H and O–H groups in total. The Morgan fingerprint density at radius 2 is 1.94 bits per heavy atom. The fraction of sp³-hybridized carbons (Fsp3) is 0.0952. The van der Waals surface area contributed by atoms with Crippen LogP contribution in [0.25, 0.3) is 16.4 Å². The molecule has 4 aromatic rings. The van der Waals surface area contributed by atoms with Crippen molar-refractivity contribution in [3.63, 3.8) is 0 Å².